The summed E-state index contributed by atoms with van der Waals surface area (Å²) in [4.78, 5) is 11.3. The number of ether oxygens (including phenoxy) is 1. The Morgan fingerprint density at radius 2 is 2.35 bits per heavy atom. The van der Waals surface area contributed by atoms with Crippen molar-refractivity contribution in [1.29, 1.82) is 0 Å². The molecule has 0 saturated heterocycles. The number of hydrogen-bond acceptors (Lipinski definition) is 6. The van der Waals surface area contributed by atoms with Crippen LogP contribution in [0.25, 0.3) is 0 Å². The van der Waals surface area contributed by atoms with Crippen LogP contribution in [0.1, 0.15) is 20.8 Å². The van der Waals surface area contributed by atoms with Crippen molar-refractivity contribution in [3.8, 4) is 0 Å². The zero-order chi connectivity index (χ0) is 12.9. The van der Waals surface area contributed by atoms with Gasteiger partial charge in [-0.3, -0.25) is 5.10 Å². The Morgan fingerprint density at radius 3 is 2.88 bits per heavy atom. The second-order valence-electron chi connectivity index (χ2n) is 4.16. The highest BCUT2D eigenvalue weighted by Gasteiger charge is 2.15. The third-order valence-corrected chi connectivity index (χ3v) is 3.65. The molecule has 2 N–H and O–H groups in total. The lowest BCUT2D eigenvalue weighted by atomic mass is 10.2. The van der Waals surface area contributed by atoms with Crippen LogP contribution >= 0.6 is 35.3 Å². The highest BCUT2D eigenvalue weighted by molar-refractivity contribution is 8.01. The monoisotopic (exact) mass is 293 g/mol. The fourth-order valence-corrected chi connectivity index (χ4v) is 2.89. The first kappa shape index (κ1) is 14.5. The average Bonchev–Trinajstić information content (AvgIpc) is 2.56. The second-order valence-corrected chi connectivity index (χ2v) is 7.16. The predicted octanol–water partition coefficient (Wildman–Crippen LogP) is 2.82. The zero-order valence-electron chi connectivity index (χ0n) is 9.90. The molecule has 1 aromatic heterocycles. The number of alkyl carbamates (subject to hydrolysis) is 1. The van der Waals surface area contributed by atoms with E-state index < -0.39 is 11.7 Å². The molecule has 17 heavy (non-hydrogen) atoms. The first-order valence-electron chi connectivity index (χ1n) is 5.02. The molecule has 0 aliphatic carbocycles. The summed E-state index contributed by atoms with van der Waals surface area (Å²) in [7, 11) is 0. The molecular weight excluding hydrogens is 278 g/mol. The molecule has 0 atom stereocenters. The molecule has 1 heterocycles. The highest BCUT2D eigenvalue weighted by Crippen LogP contribution is 2.19. The molecule has 0 aliphatic heterocycles. The van der Waals surface area contributed by atoms with Gasteiger partial charge in [-0.15, -0.1) is 0 Å². The van der Waals surface area contributed by atoms with Gasteiger partial charge in [0.15, 0.2) is 8.29 Å². The number of aromatic amines is 1. The Balaban J connectivity index is 2.16. The predicted molar refractivity (Wildman–Crippen MR) is 72.3 cm³/mol. The number of aromatic nitrogens is 2. The van der Waals surface area contributed by atoms with E-state index in [9.17, 15) is 4.79 Å². The topological polar surface area (TPSA) is 67.0 Å². The Hall–Kier alpha value is -0.600. The Labute approximate surface area is 113 Å². The van der Waals surface area contributed by atoms with Gasteiger partial charge < -0.3 is 10.1 Å². The molecule has 8 heteroatoms. The van der Waals surface area contributed by atoms with Crippen LogP contribution in [0.2, 0.25) is 0 Å². The quantitative estimate of drug-likeness (QED) is 0.507. The van der Waals surface area contributed by atoms with Gasteiger partial charge in [0.1, 0.15) is 5.60 Å². The molecule has 1 aromatic rings. The Morgan fingerprint density at radius 1 is 1.65 bits per heavy atom. The molecule has 0 aromatic carbocycles. The molecule has 0 fully saturated rings. The van der Waals surface area contributed by atoms with E-state index in [0.717, 1.165) is 10.1 Å². The minimum atomic E-state index is -0.460. The maximum atomic E-state index is 11.3. The molecule has 5 nitrogen and oxygen atoms in total. The van der Waals surface area contributed by atoms with Crippen molar-refractivity contribution in [1.82, 2.24) is 15.5 Å². The summed E-state index contributed by atoms with van der Waals surface area (Å²) < 4.78 is 6.63. The van der Waals surface area contributed by atoms with Crippen molar-refractivity contribution >= 4 is 41.4 Å². The van der Waals surface area contributed by atoms with Crippen LogP contribution in [-0.4, -0.2) is 34.2 Å². The number of hydrogen-bond donors (Lipinski definition) is 2. The number of nitrogens with one attached hydrogen (secondary N) is 2. The number of carbonyl (C=O) groups excluding carboxylic acids is 1. The summed E-state index contributed by atoms with van der Waals surface area (Å²) in [5, 5.41) is 9.37. The van der Waals surface area contributed by atoms with Crippen LogP contribution in [0.15, 0.2) is 4.34 Å². The van der Waals surface area contributed by atoms with Gasteiger partial charge in [-0.25, -0.2) is 4.79 Å². The largest absolute Gasteiger partial charge is 0.444 e. The van der Waals surface area contributed by atoms with E-state index in [1.165, 1.54) is 11.3 Å². The van der Waals surface area contributed by atoms with E-state index in [0.29, 0.717) is 10.5 Å². The van der Waals surface area contributed by atoms with E-state index in [4.69, 9.17) is 17.0 Å². The lowest BCUT2D eigenvalue weighted by Gasteiger charge is -2.19. The number of rotatable bonds is 4. The molecule has 0 saturated carbocycles. The van der Waals surface area contributed by atoms with E-state index >= 15 is 0 Å². The van der Waals surface area contributed by atoms with Crippen LogP contribution in [0.4, 0.5) is 4.79 Å². The van der Waals surface area contributed by atoms with Gasteiger partial charge in [0.2, 0.25) is 0 Å². The normalized spacial score (nSPS) is 11.2. The third kappa shape index (κ3) is 6.64. The summed E-state index contributed by atoms with van der Waals surface area (Å²) in [5.41, 5.74) is -0.460. The molecule has 0 radical (unpaired) electrons. The van der Waals surface area contributed by atoms with Gasteiger partial charge in [-0.05, 0) is 33.0 Å². The first-order valence-corrected chi connectivity index (χ1v) is 7.23. The fraction of sp³-hybridized carbons (Fsp3) is 0.667. The van der Waals surface area contributed by atoms with Crippen LogP contribution in [0.3, 0.4) is 0 Å². The summed E-state index contributed by atoms with van der Waals surface area (Å²) in [6.45, 7) is 6.03. The smallest absolute Gasteiger partial charge is 0.407 e. The summed E-state index contributed by atoms with van der Waals surface area (Å²) in [5.74, 6) is 0.732. The first-order chi connectivity index (χ1) is 7.87. The van der Waals surface area contributed by atoms with Gasteiger partial charge in [-0.2, -0.15) is 5.10 Å². The van der Waals surface area contributed by atoms with Crippen LogP contribution < -0.4 is 5.32 Å². The van der Waals surface area contributed by atoms with Crippen molar-refractivity contribution < 1.29 is 9.53 Å². The molecule has 1 amide bonds. The standard InChI is InChI=1S/C9H15N3O2S3/c1-9(2,3)14-6(13)10-4-5-16-8-12-11-7(15)17-8/h4-5H2,1-3H3,(H,10,13)(H,11,15). The highest BCUT2D eigenvalue weighted by atomic mass is 32.2. The van der Waals surface area contributed by atoms with E-state index in [2.05, 4.69) is 15.5 Å². The molecule has 0 spiro atoms. The summed E-state index contributed by atoms with van der Waals surface area (Å²) in [6, 6.07) is 0. The van der Waals surface area contributed by atoms with Crippen molar-refractivity contribution in [3.63, 3.8) is 0 Å². The number of amides is 1. The Kier molecular flexibility index (Phi) is 5.41. The minimum Gasteiger partial charge on any atom is -0.444 e. The summed E-state index contributed by atoms with van der Waals surface area (Å²) >= 11 is 7.87. The van der Waals surface area contributed by atoms with Gasteiger partial charge >= 0.3 is 6.09 Å². The van der Waals surface area contributed by atoms with Crippen molar-refractivity contribution in [3.05, 3.63) is 3.95 Å². The van der Waals surface area contributed by atoms with Gasteiger partial charge in [0.25, 0.3) is 0 Å². The zero-order valence-corrected chi connectivity index (χ0v) is 12.4. The molecule has 0 aliphatic rings. The van der Waals surface area contributed by atoms with Crippen LogP contribution in [0, 0.1) is 3.95 Å². The van der Waals surface area contributed by atoms with E-state index in [-0.39, 0.29) is 0 Å². The molecular formula is C9H15N3O2S3. The lowest BCUT2D eigenvalue weighted by molar-refractivity contribution is 0.0531. The third-order valence-electron chi connectivity index (χ3n) is 1.41. The Bertz CT molecular complexity index is 422. The maximum Gasteiger partial charge on any atom is 0.407 e. The van der Waals surface area contributed by atoms with Gasteiger partial charge in [-0.1, -0.05) is 23.1 Å². The number of carbonyl (C=O) groups is 1. The van der Waals surface area contributed by atoms with Crippen molar-refractivity contribution in [2.45, 2.75) is 30.7 Å². The molecule has 0 bridgehead atoms. The number of thioether (sulfide) groups is 1. The van der Waals surface area contributed by atoms with Crippen LogP contribution in [-0.2, 0) is 4.74 Å². The van der Waals surface area contributed by atoms with Gasteiger partial charge in [0, 0.05) is 12.3 Å². The second kappa shape index (κ2) is 6.36. The minimum absolute atomic E-state index is 0.396. The maximum absolute atomic E-state index is 11.3. The lowest BCUT2D eigenvalue weighted by Crippen LogP contribution is -2.33. The van der Waals surface area contributed by atoms with Crippen molar-refractivity contribution in [2.75, 3.05) is 12.3 Å². The number of nitrogens with zero attached hydrogens (tertiary/aromatic N) is 1. The van der Waals surface area contributed by atoms with Crippen molar-refractivity contribution in [2.24, 2.45) is 0 Å². The molecule has 0 unspecified atom stereocenters. The number of H-pyrrole nitrogens is 1. The van der Waals surface area contributed by atoms with Crippen LogP contribution in [0.5, 0.6) is 0 Å². The SMILES string of the molecule is CC(C)(C)OC(=O)NCCSc1n[nH]c(=S)s1. The summed E-state index contributed by atoms with van der Waals surface area (Å²) in [6.07, 6.45) is -0.396. The fourth-order valence-electron chi connectivity index (χ4n) is 0.884. The molecule has 96 valence electrons. The van der Waals surface area contributed by atoms with E-state index in [1.807, 2.05) is 20.8 Å². The molecule has 1 rings (SSSR count). The average molecular weight is 293 g/mol. The van der Waals surface area contributed by atoms with E-state index in [1.54, 1.807) is 11.8 Å². The van der Waals surface area contributed by atoms with Gasteiger partial charge in [0.05, 0.1) is 0 Å².